The van der Waals surface area contributed by atoms with Gasteiger partial charge in [-0.05, 0) is 67.3 Å². The van der Waals surface area contributed by atoms with Crippen LogP contribution in [0.4, 0.5) is 11.5 Å². The summed E-state index contributed by atoms with van der Waals surface area (Å²) < 4.78 is 2.08. The Morgan fingerprint density at radius 2 is 2.08 bits per heavy atom. The number of anilines is 2. The van der Waals surface area contributed by atoms with Crippen molar-refractivity contribution in [2.75, 3.05) is 36.9 Å². The van der Waals surface area contributed by atoms with E-state index in [2.05, 4.69) is 68.3 Å². The molecule has 3 aromatic heterocycles. The molecular formula is C27H35N7OS. The van der Waals surface area contributed by atoms with Gasteiger partial charge < -0.3 is 15.1 Å². The number of nitrogens with zero attached hydrogens (tertiary/aromatic N) is 6. The fraction of sp³-hybridized carbons (Fsp3) is 0.481. The molecule has 0 atom stereocenters. The van der Waals surface area contributed by atoms with E-state index in [1.54, 1.807) is 0 Å². The first-order valence-electron chi connectivity index (χ1n) is 12.8. The first-order valence-corrected chi connectivity index (χ1v) is 13.7. The van der Waals surface area contributed by atoms with E-state index in [1.165, 1.54) is 16.1 Å². The Balaban J connectivity index is 1.30. The maximum absolute atomic E-state index is 12.2. The van der Waals surface area contributed by atoms with Crippen LogP contribution in [-0.4, -0.2) is 57.1 Å². The number of amides is 1. The SMILES string of the molecule is Cc1nnc2c(NCCCCN(C)C(=O)CC(C)C)nc3cc(N4CCc5sccc5C4)ccc3n12. The van der Waals surface area contributed by atoms with Crippen LogP contribution in [0.15, 0.2) is 29.6 Å². The fourth-order valence-electron chi connectivity index (χ4n) is 4.86. The third-order valence-corrected chi connectivity index (χ3v) is 7.89. The van der Waals surface area contributed by atoms with Gasteiger partial charge in [0.25, 0.3) is 0 Å². The van der Waals surface area contributed by atoms with Gasteiger partial charge in [0.15, 0.2) is 5.82 Å². The van der Waals surface area contributed by atoms with Crippen LogP contribution in [0.25, 0.3) is 16.7 Å². The standard InChI is InChI=1S/C27H35N7OS/c1-18(2)15-25(35)32(4)12-6-5-11-28-26-27-31-30-19(3)34(27)23-8-7-21(16-22(23)29-26)33-13-9-24-20(17-33)10-14-36-24/h7-8,10,14,16,18H,5-6,9,11-13,15,17H2,1-4H3,(H,28,29). The average molecular weight is 506 g/mol. The number of rotatable bonds is 9. The summed E-state index contributed by atoms with van der Waals surface area (Å²) in [5, 5.41) is 14.4. The lowest BCUT2D eigenvalue weighted by Crippen LogP contribution is -2.29. The molecule has 0 aliphatic carbocycles. The molecule has 1 aliphatic rings. The molecule has 0 saturated carbocycles. The summed E-state index contributed by atoms with van der Waals surface area (Å²) in [6, 6.07) is 8.75. The molecular weight excluding hydrogens is 470 g/mol. The average Bonchev–Trinajstić information content (AvgIpc) is 3.49. The predicted molar refractivity (Wildman–Crippen MR) is 147 cm³/mol. The van der Waals surface area contributed by atoms with E-state index < -0.39 is 0 Å². The topological polar surface area (TPSA) is 78.7 Å². The first-order chi connectivity index (χ1) is 17.4. The van der Waals surface area contributed by atoms with Gasteiger partial charge in [0, 0.05) is 50.2 Å². The van der Waals surface area contributed by atoms with Crippen molar-refractivity contribution in [2.45, 2.75) is 53.0 Å². The molecule has 190 valence electrons. The third-order valence-electron chi connectivity index (χ3n) is 6.86. The van der Waals surface area contributed by atoms with E-state index in [-0.39, 0.29) is 5.91 Å². The molecule has 1 amide bonds. The molecule has 4 heterocycles. The van der Waals surface area contributed by atoms with E-state index in [9.17, 15) is 4.79 Å². The second-order valence-electron chi connectivity index (χ2n) is 10.1. The number of thiophene rings is 1. The molecule has 1 N–H and O–H groups in total. The maximum atomic E-state index is 12.2. The Morgan fingerprint density at radius 3 is 2.92 bits per heavy atom. The van der Waals surface area contributed by atoms with Crippen LogP contribution >= 0.6 is 11.3 Å². The largest absolute Gasteiger partial charge is 0.367 e. The van der Waals surface area contributed by atoms with Gasteiger partial charge in [-0.25, -0.2) is 4.98 Å². The molecule has 0 fully saturated rings. The molecule has 0 bridgehead atoms. The summed E-state index contributed by atoms with van der Waals surface area (Å²) in [7, 11) is 1.89. The highest BCUT2D eigenvalue weighted by atomic mass is 32.1. The van der Waals surface area contributed by atoms with Crippen molar-refractivity contribution in [3.05, 3.63) is 45.9 Å². The lowest BCUT2D eigenvalue weighted by Gasteiger charge is -2.29. The van der Waals surface area contributed by atoms with Crippen LogP contribution in [0.3, 0.4) is 0 Å². The van der Waals surface area contributed by atoms with Gasteiger partial charge in [-0.3, -0.25) is 9.20 Å². The zero-order chi connectivity index (χ0) is 25.2. The molecule has 36 heavy (non-hydrogen) atoms. The first kappa shape index (κ1) is 24.5. The minimum absolute atomic E-state index is 0.217. The quantitative estimate of drug-likeness (QED) is 0.326. The second-order valence-corrected chi connectivity index (χ2v) is 11.1. The minimum atomic E-state index is 0.217. The number of fused-ring (bicyclic) bond motifs is 4. The predicted octanol–water partition coefficient (Wildman–Crippen LogP) is 4.91. The number of carbonyl (C=O) groups is 1. The molecule has 9 heteroatoms. The van der Waals surface area contributed by atoms with Crippen LogP contribution in [0.1, 0.15) is 49.4 Å². The molecule has 0 unspecified atom stereocenters. The van der Waals surface area contributed by atoms with Crippen LogP contribution < -0.4 is 10.2 Å². The number of aromatic nitrogens is 4. The Bertz CT molecular complexity index is 1380. The number of hydrogen-bond donors (Lipinski definition) is 1. The second kappa shape index (κ2) is 10.4. The van der Waals surface area contributed by atoms with Crippen LogP contribution in [0, 0.1) is 12.8 Å². The van der Waals surface area contributed by atoms with Crippen LogP contribution in [0.5, 0.6) is 0 Å². The van der Waals surface area contributed by atoms with Crippen molar-refractivity contribution in [1.29, 1.82) is 0 Å². The Morgan fingerprint density at radius 1 is 1.22 bits per heavy atom. The van der Waals surface area contributed by atoms with E-state index >= 15 is 0 Å². The smallest absolute Gasteiger partial charge is 0.222 e. The summed E-state index contributed by atoms with van der Waals surface area (Å²) in [6.07, 6.45) is 3.57. The van der Waals surface area contributed by atoms with Crippen molar-refractivity contribution in [1.82, 2.24) is 24.5 Å². The molecule has 4 aromatic rings. The number of nitrogens with one attached hydrogen (secondary N) is 1. The van der Waals surface area contributed by atoms with Crippen LogP contribution in [0.2, 0.25) is 0 Å². The number of hydrogen-bond acceptors (Lipinski definition) is 7. The molecule has 0 radical (unpaired) electrons. The van der Waals surface area contributed by atoms with Crippen molar-refractivity contribution in [3.63, 3.8) is 0 Å². The summed E-state index contributed by atoms with van der Waals surface area (Å²) in [6.45, 7) is 9.62. The molecule has 0 saturated heterocycles. The number of carbonyl (C=O) groups excluding carboxylic acids is 1. The van der Waals surface area contributed by atoms with E-state index in [1.807, 2.05) is 30.2 Å². The lowest BCUT2D eigenvalue weighted by molar-refractivity contribution is -0.130. The van der Waals surface area contributed by atoms with E-state index in [4.69, 9.17) is 4.98 Å². The normalized spacial score (nSPS) is 13.5. The highest BCUT2D eigenvalue weighted by molar-refractivity contribution is 7.10. The molecule has 0 spiro atoms. The summed E-state index contributed by atoms with van der Waals surface area (Å²) in [5.41, 5.74) is 5.32. The van der Waals surface area contributed by atoms with Gasteiger partial charge >= 0.3 is 0 Å². The van der Waals surface area contributed by atoms with Gasteiger partial charge in [-0.2, -0.15) is 0 Å². The Kier molecular flexibility index (Phi) is 7.09. The molecule has 5 rings (SSSR count). The Labute approximate surface area is 216 Å². The highest BCUT2D eigenvalue weighted by Crippen LogP contribution is 2.30. The van der Waals surface area contributed by atoms with Crippen molar-refractivity contribution >= 4 is 45.4 Å². The lowest BCUT2D eigenvalue weighted by atomic mass is 10.1. The fourth-order valence-corrected chi connectivity index (χ4v) is 5.75. The van der Waals surface area contributed by atoms with Crippen molar-refractivity contribution < 1.29 is 4.79 Å². The van der Waals surface area contributed by atoms with Crippen LogP contribution in [-0.2, 0) is 17.8 Å². The summed E-state index contributed by atoms with van der Waals surface area (Å²) >= 11 is 1.86. The van der Waals surface area contributed by atoms with Crippen molar-refractivity contribution in [2.24, 2.45) is 5.92 Å². The highest BCUT2D eigenvalue weighted by Gasteiger charge is 2.19. The zero-order valence-corrected chi connectivity index (χ0v) is 22.4. The number of unbranched alkanes of at least 4 members (excludes halogenated alkanes) is 1. The van der Waals surface area contributed by atoms with Gasteiger partial charge in [-0.1, -0.05) is 13.8 Å². The van der Waals surface area contributed by atoms with E-state index in [0.29, 0.717) is 12.3 Å². The minimum Gasteiger partial charge on any atom is -0.367 e. The molecule has 1 aromatic carbocycles. The number of aryl methyl sites for hydroxylation is 1. The van der Waals surface area contributed by atoms with Gasteiger partial charge in [0.05, 0.1) is 11.0 Å². The van der Waals surface area contributed by atoms with Gasteiger partial charge in [-0.15, -0.1) is 21.5 Å². The summed E-state index contributed by atoms with van der Waals surface area (Å²) in [5.74, 6) is 2.20. The number of benzene rings is 1. The van der Waals surface area contributed by atoms with E-state index in [0.717, 1.165) is 73.8 Å². The van der Waals surface area contributed by atoms with Gasteiger partial charge in [0.2, 0.25) is 11.6 Å². The summed E-state index contributed by atoms with van der Waals surface area (Å²) in [4.78, 5) is 22.9. The van der Waals surface area contributed by atoms with Gasteiger partial charge in [0.1, 0.15) is 5.82 Å². The maximum Gasteiger partial charge on any atom is 0.222 e. The molecule has 1 aliphatic heterocycles. The molecule has 8 nitrogen and oxygen atoms in total. The Hall–Kier alpha value is -3.20. The zero-order valence-electron chi connectivity index (χ0n) is 21.6. The monoisotopic (exact) mass is 505 g/mol. The third kappa shape index (κ3) is 5.02. The van der Waals surface area contributed by atoms with Crippen molar-refractivity contribution in [3.8, 4) is 0 Å².